The van der Waals surface area contributed by atoms with Crippen molar-refractivity contribution in [1.82, 2.24) is 25.3 Å². The van der Waals surface area contributed by atoms with Gasteiger partial charge in [0, 0.05) is 24.9 Å². The standard InChI is InChI=1S/C12H13N5O3/c18-11(8-17-7-10(12(19)20)15-16-17)14-6-4-9-3-1-2-5-13-9/h1-3,5,7H,4,6,8H2,(H,14,18)(H,19,20). The zero-order valence-corrected chi connectivity index (χ0v) is 10.6. The Morgan fingerprint density at radius 2 is 2.20 bits per heavy atom. The van der Waals surface area contributed by atoms with Crippen LogP contribution in [-0.4, -0.2) is 43.5 Å². The summed E-state index contributed by atoms with van der Waals surface area (Å²) in [6.45, 7) is 0.388. The van der Waals surface area contributed by atoms with Crippen molar-refractivity contribution in [2.45, 2.75) is 13.0 Å². The minimum Gasteiger partial charge on any atom is -0.476 e. The number of pyridine rings is 1. The molecule has 1 amide bonds. The number of nitrogens with zero attached hydrogens (tertiary/aromatic N) is 4. The highest BCUT2D eigenvalue weighted by molar-refractivity contribution is 5.84. The summed E-state index contributed by atoms with van der Waals surface area (Å²) in [6.07, 6.45) is 3.53. The Balaban J connectivity index is 1.76. The smallest absolute Gasteiger partial charge is 0.358 e. The molecular weight excluding hydrogens is 262 g/mol. The van der Waals surface area contributed by atoms with E-state index in [4.69, 9.17) is 5.11 Å². The van der Waals surface area contributed by atoms with Gasteiger partial charge in [-0.1, -0.05) is 11.3 Å². The lowest BCUT2D eigenvalue weighted by Crippen LogP contribution is -2.29. The summed E-state index contributed by atoms with van der Waals surface area (Å²) in [4.78, 5) is 26.4. The van der Waals surface area contributed by atoms with Crippen molar-refractivity contribution < 1.29 is 14.7 Å². The van der Waals surface area contributed by atoms with Crippen LogP contribution in [0.1, 0.15) is 16.2 Å². The van der Waals surface area contributed by atoms with Crippen LogP contribution in [0.4, 0.5) is 0 Å². The monoisotopic (exact) mass is 275 g/mol. The number of rotatable bonds is 6. The van der Waals surface area contributed by atoms with Crippen molar-refractivity contribution in [3.05, 3.63) is 42.0 Å². The number of aromatic nitrogens is 4. The van der Waals surface area contributed by atoms with E-state index >= 15 is 0 Å². The van der Waals surface area contributed by atoms with Gasteiger partial charge < -0.3 is 10.4 Å². The second kappa shape index (κ2) is 6.41. The Bertz CT molecular complexity index is 596. The van der Waals surface area contributed by atoms with Crippen LogP contribution >= 0.6 is 0 Å². The topological polar surface area (TPSA) is 110 Å². The highest BCUT2D eigenvalue weighted by Crippen LogP contribution is 1.94. The molecule has 20 heavy (non-hydrogen) atoms. The van der Waals surface area contributed by atoms with Crippen LogP contribution in [0.3, 0.4) is 0 Å². The fourth-order valence-electron chi connectivity index (χ4n) is 1.55. The fourth-order valence-corrected chi connectivity index (χ4v) is 1.55. The van der Waals surface area contributed by atoms with Gasteiger partial charge in [0.25, 0.3) is 0 Å². The van der Waals surface area contributed by atoms with Gasteiger partial charge in [0.2, 0.25) is 5.91 Å². The molecule has 0 bridgehead atoms. The number of carbonyl (C=O) groups is 2. The zero-order chi connectivity index (χ0) is 14.4. The fraction of sp³-hybridized carbons (Fsp3) is 0.250. The van der Waals surface area contributed by atoms with E-state index in [-0.39, 0.29) is 18.1 Å². The molecule has 0 saturated carbocycles. The van der Waals surface area contributed by atoms with Crippen LogP contribution in [0.15, 0.2) is 30.6 Å². The normalized spacial score (nSPS) is 10.2. The van der Waals surface area contributed by atoms with Gasteiger partial charge in [0.1, 0.15) is 6.54 Å². The Hall–Kier alpha value is -2.77. The van der Waals surface area contributed by atoms with E-state index in [2.05, 4.69) is 20.6 Å². The molecule has 0 aliphatic heterocycles. The van der Waals surface area contributed by atoms with Crippen molar-refractivity contribution in [3.8, 4) is 0 Å². The molecule has 8 heteroatoms. The van der Waals surface area contributed by atoms with Gasteiger partial charge in [-0.25, -0.2) is 9.48 Å². The van der Waals surface area contributed by atoms with Crippen LogP contribution in [0.25, 0.3) is 0 Å². The van der Waals surface area contributed by atoms with Gasteiger partial charge in [0.05, 0.1) is 6.20 Å². The van der Waals surface area contributed by atoms with Gasteiger partial charge >= 0.3 is 5.97 Å². The highest BCUT2D eigenvalue weighted by atomic mass is 16.4. The van der Waals surface area contributed by atoms with Crippen LogP contribution in [0.5, 0.6) is 0 Å². The number of nitrogens with one attached hydrogen (secondary N) is 1. The molecular formula is C12H13N5O3. The van der Waals surface area contributed by atoms with Crippen molar-refractivity contribution in [2.75, 3.05) is 6.54 Å². The predicted molar refractivity (Wildman–Crippen MR) is 67.9 cm³/mol. The Labute approximate surface area is 114 Å². The summed E-state index contributed by atoms with van der Waals surface area (Å²) >= 11 is 0. The number of amides is 1. The van der Waals surface area contributed by atoms with Crippen LogP contribution in [0.2, 0.25) is 0 Å². The maximum absolute atomic E-state index is 11.6. The Morgan fingerprint density at radius 3 is 2.85 bits per heavy atom. The van der Waals surface area contributed by atoms with Crippen molar-refractivity contribution in [2.24, 2.45) is 0 Å². The number of hydrogen-bond donors (Lipinski definition) is 2. The first-order valence-corrected chi connectivity index (χ1v) is 5.95. The van der Waals surface area contributed by atoms with Gasteiger partial charge in [-0.05, 0) is 12.1 Å². The molecule has 8 nitrogen and oxygen atoms in total. The number of aromatic carboxylic acids is 1. The molecule has 2 heterocycles. The first-order valence-electron chi connectivity index (χ1n) is 5.95. The lowest BCUT2D eigenvalue weighted by Gasteiger charge is -2.04. The van der Waals surface area contributed by atoms with Crippen LogP contribution in [-0.2, 0) is 17.8 Å². The molecule has 0 aliphatic carbocycles. The number of carboxylic acid groups (broad SMARTS) is 1. The van der Waals surface area contributed by atoms with Crippen LogP contribution in [0, 0.1) is 0 Å². The molecule has 0 aromatic carbocycles. The summed E-state index contributed by atoms with van der Waals surface area (Å²) in [5.41, 5.74) is 0.702. The zero-order valence-electron chi connectivity index (χ0n) is 10.6. The van der Waals surface area contributed by atoms with Crippen molar-refractivity contribution >= 4 is 11.9 Å². The van der Waals surface area contributed by atoms with E-state index in [0.717, 1.165) is 5.69 Å². The molecule has 0 unspecified atom stereocenters. The molecule has 0 saturated heterocycles. The predicted octanol–water partition coefficient (Wildman–Crippen LogP) is -0.270. The molecule has 0 atom stereocenters. The first-order chi connectivity index (χ1) is 9.65. The molecule has 0 spiro atoms. The van der Waals surface area contributed by atoms with Gasteiger partial charge in [0.15, 0.2) is 5.69 Å². The van der Waals surface area contributed by atoms with Gasteiger partial charge in [-0.2, -0.15) is 0 Å². The van der Waals surface area contributed by atoms with E-state index in [1.807, 2.05) is 18.2 Å². The van der Waals surface area contributed by atoms with Gasteiger partial charge in [-0.15, -0.1) is 5.10 Å². The molecule has 2 N–H and O–H groups in total. The second-order valence-electron chi connectivity index (χ2n) is 4.03. The Kier molecular flexibility index (Phi) is 4.38. The van der Waals surface area contributed by atoms with Crippen LogP contribution < -0.4 is 5.32 Å². The lowest BCUT2D eigenvalue weighted by molar-refractivity contribution is -0.121. The average Bonchev–Trinajstić information content (AvgIpc) is 2.88. The summed E-state index contributed by atoms with van der Waals surface area (Å²) < 4.78 is 1.18. The minimum absolute atomic E-state index is 0.0670. The van der Waals surface area contributed by atoms with E-state index in [1.165, 1.54) is 10.9 Å². The summed E-state index contributed by atoms with van der Waals surface area (Å²) in [6, 6.07) is 5.59. The first kappa shape index (κ1) is 13.7. The van der Waals surface area contributed by atoms with E-state index in [0.29, 0.717) is 13.0 Å². The Morgan fingerprint density at radius 1 is 1.35 bits per heavy atom. The molecule has 2 rings (SSSR count). The molecule has 2 aromatic rings. The second-order valence-corrected chi connectivity index (χ2v) is 4.03. The number of hydrogen-bond acceptors (Lipinski definition) is 5. The molecule has 104 valence electrons. The summed E-state index contributed by atoms with van der Waals surface area (Å²) in [5, 5.41) is 18.4. The van der Waals surface area contributed by atoms with E-state index < -0.39 is 5.97 Å². The highest BCUT2D eigenvalue weighted by Gasteiger charge is 2.10. The lowest BCUT2D eigenvalue weighted by atomic mass is 10.3. The van der Waals surface area contributed by atoms with Crippen molar-refractivity contribution in [3.63, 3.8) is 0 Å². The maximum atomic E-state index is 11.6. The largest absolute Gasteiger partial charge is 0.476 e. The number of carbonyl (C=O) groups excluding carboxylic acids is 1. The molecule has 0 radical (unpaired) electrons. The molecule has 0 fully saturated rings. The van der Waals surface area contributed by atoms with E-state index in [9.17, 15) is 9.59 Å². The van der Waals surface area contributed by atoms with E-state index in [1.54, 1.807) is 6.20 Å². The molecule has 2 aromatic heterocycles. The van der Waals surface area contributed by atoms with Crippen molar-refractivity contribution in [1.29, 1.82) is 0 Å². The minimum atomic E-state index is -1.17. The third kappa shape index (κ3) is 3.87. The summed E-state index contributed by atoms with van der Waals surface area (Å²) in [7, 11) is 0. The third-order valence-corrected chi connectivity index (χ3v) is 2.49. The average molecular weight is 275 g/mol. The summed E-state index contributed by atoms with van der Waals surface area (Å²) in [5.74, 6) is -1.44. The maximum Gasteiger partial charge on any atom is 0.358 e. The van der Waals surface area contributed by atoms with Gasteiger partial charge in [-0.3, -0.25) is 9.78 Å². The SMILES string of the molecule is O=C(Cn1cc(C(=O)O)nn1)NCCc1ccccn1. The quantitative estimate of drug-likeness (QED) is 0.751. The molecule has 0 aliphatic rings. The third-order valence-electron chi connectivity index (χ3n) is 2.49. The number of carboxylic acids is 1.